The summed E-state index contributed by atoms with van der Waals surface area (Å²) < 4.78 is 5.96. The zero-order valence-electron chi connectivity index (χ0n) is 65.2. The second kappa shape index (κ2) is 43.8. The Balaban J connectivity index is 2.00. The molecular weight excluding hydrogens is 1350 g/mol. The maximum atomic E-state index is 15.0. The maximum absolute atomic E-state index is 15.0. The lowest BCUT2D eigenvalue weighted by Crippen LogP contribution is -2.64. The van der Waals surface area contributed by atoms with E-state index in [0.717, 1.165) is 6.42 Å². The second-order valence-corrected chi connectivity index (χ2v) is 30.2. The molecule has 0 spiro atoms. The van der Waals surface area contributed by atoms with Gasteiger partial charge in [-0.2, -0.15) is 0 Å². The molecule has 3 rings (SSSR count). The number of nitrogens with one attached hydrogen (secondary N) is 12. The first kappa shape index (κ1) is 90.7. The van der Waals surface area contributed by atoms with Crippen LogP contribution in [0.5, 0.6) is 0 Å². The molecule has 16 atom stereocenters. The Morgan fingerprint density at radius 3 is 1.69 bits per heavy atom. The van der Waals surface area contributed by atoms with E-state index in [1.807, 2.05) is 13.8 Å². The Morgan fingerprint density at radius 1 is 0.610 bits per heavy atom. The summed E-state index contributed by atoms with van der Waals surface area (Å²) in [6, 6.07) is -7.67. The van der Waals surface area contributed by atoms with Crippen LogP contribution in [0.25, 0.3) is 0 Å². The molecule has 2 saturated heterocycles. The molecule has 1 aromatic rings. The second-order valence-electron chi connectivity index (χ2n) is 30.2. The first-order valence-corrected chi connectivity index (χ1v) is 37.5. The quantitative estimate of drug-likeness (QED) is 0.0353. The van der Waals surface area contributed by atoms with Crippen molar-refractivity contribution in [1.82, 2.24) is 68.7 Å². The number of allylic oxidation sites excluding steroid dienone is 1. The molecule has 30 heteroatoms. The first-order valence-electron chi connectivity index (χ1n) is 37.5. The van der Waals surface area contributed by atoms with Gasteiger partial charge in [0.1, 0.15) is 84.3 Å². The van der Waals surface area contributed by atoms with Gasteiger partial charge in [0.2, 0.25) is 70.9 Å². The van der Waals surface area contributed by atoms with Gasteiger partial charge < -0.3 is 84.3 Å². The molecule has 0 aromatic heterocycles. The Morgan fingerprint density at radius 2 is 1.15 bits per heavy atom. The normalized spacial score (nSPS) is 22.6. The number of hydrogen-bond acceptors (Lipinski definition) is 17. The van der Waals surface area contributed by atoms with Gasteiger partial charge in [0.05, 0.1) is 6.10 Å². The van der Waals surface area contributed by atoms with Gasteiger partial charge in [0, 0.05) is 19.4 Å². The van der Waals surface area contributed by atoms with Crippen molar-refractivity contribution in [1.29, 1.82) is 0 Å². The van der Waals surface area contributed by atoms with E-state index < -0.39 is 203 Å². The van der Waals surface area contributed by atoms with E-state index >= 15 is 9.59 Å². The molecule has 590 valence electrons. The first-order chi connectivity index (χ1) is 49.2. The van der Waals surface area contributed by atoms with Gasteiger partial charge in [-0.15, -0.1) is 0 Å². The maximum Gasteiger partial charge on any atom is 0.329 e. The number of cyclic esters (lactones) is 1. The summed E-state index contributed by atoms with van der Waals surface area (Å²) >= 11 is 0. The zero-order valence-corrected chi connectivity index (χ0v) is 65.2. The summed E-state index contributed by atoms with van der Waals surface area (Å²) in [4.78, 5) is 202. The summed E-state index contributed by atoms with van der Waals surface area (Å²) in [5, 5.41) is 43.2. The lowest BCUT2D eigenvalue weighted by atomic mass is 9.95. The van der Waals surface area contributed by atoms with Crippen molar-refractivity contribution in [3.8, 4) is 0 Å². The van der Waals surface area contributed by atoms with E-state index in [2.05, 4.69) is 63.8 Å². The minimum absolute atomic E-state index is 0.0355. The number of aliphatic hydroxyl groups is 1. The van der Waals surface area contributed by atoms with E-state index in [4.69, 9.17) is 10.5 Å². The van der Waals surface area contributed by atoms with Crippen LogP contribution >= 0.6 is 0 Å². The third-order valence-electron chi connectivity index (χ3n) is 19.3. The van der Waals surface area contributed by atoms with Gasteiger partial charge in [-0.05, 0) is 112 Å². The monoisotopic (exact) mass is 1480 g/mol. The van der Waals surface area contributed by atoms with Gasteiger partial charge >= 0.3 is 5.97 Å². The van der Waals surface area contributed by atoms with Crippen LogP contribution in [-0.2, 0) is 78.3 Å². The van der Waals surface area contributed by atoms with Crippen LogP contribution in [-0.4, -0.2) is 191 Å². The number of nitrogens with two attached hydrogens (primary N) is 1. The predicted molar refractivity (Wildman–Crippen MR) is 395 cm³/mol. The molecule has 2 fully saturated rings. The number of nitrogens with zero attached hydrogens (tertiary/aromatic N) is 1. The van der Waals surface area contributed by atoms with Crippen molar-refractivity contribution in [2.75, 3.05) is 13.1 Å². The van der Waals surface area contributed by atoms with Crippen LogP contribution in [0.1, 0.15) is 195 Å². The number of likely N-dealkylation sites (tertiary alicyclic amines) is 1. The molecule has 13 amide bonds. The van der Waals surface area contributed by atoms with E-state index in [0.29, 0.717) is 30.7 Å². The minimum atomic E-state index is -1.83. The molecule has 0 bridgehead atoms. The average molecular weight is 1480 g/mol. The summed E-state index contributed by atoms with van der Waals surface area (Å²) in [5.41, 5.74) is 6.34. The van der Waals surface area contributed by atoms with E-state index in [1.54, 1.807) is 127 Å². The number of aliphatic hydroxyl groups excluding tert-OH is 1. The van der Waals surface area contributed by atoms with Crippen LogP contribution in [0.4, 0.5) is 0 Å². The molecule has 0 aliphatic carbocycles. The molecule has 0 saturated carbocycles. The Kier molecular flexibility index (Phi) is 37.8. The minimum Gasteiger partial charge on any atom is -0.458 e. The third kappa shape index (κ3) is 27.7. The highest BCUT2D eigenvalue weighted by Gasteiger charge is 2.44. The molecule has 1 unspecified atom stereocenters. The highest BCUT2D eigenvalue weighted by Crippen LogP contribution is 2.23. The number of ether oxygens (including phenoxy) is 1. The van der Waals surface area contributed by atoms with Crippen LogP contribution < -0.4 is 69.5 Å². The standard InChI is InChI=1S/C75H124N14O16/c1-20-44(16)59(71(100)88-62-47(19)105-75(104)58(43(14)15)84-63(92)49(22-3)77-65(94)51(37-48-30-24-23-25-31-48)79-67(96)55(40(8)9)81-70(99)60(45(17)21-2)86-73(62)102)85-64(93)50(32-27-35-76)78-66(95)52-33-28-36-89(52)74(103)57(42(12)13)83-69(98)56(41(10)11)82-72(101)61(46(18)90)87-68(97)54(39(6)7)80-53(91)34-26-29-38(4)5/h22-25,30-31,38-47,50-52,54-62,90H,20-21,26-29,32-37,76H2,1-19H3,(H,77,94)(H,78,95)(H,79,96)(H,80,91)(H,81,99)(H,82,101)(H,83,98)(H,84,92)(H,85,93)(H,86,102)(H,87,97)(H,88,100)/b49-22-/t44-,45-,46+,47+,50-,51-,52+,54-,55-,56?,57-,58-,59+,60+,61-,62-/m0/s1. The molecule has 1 aromatic carbocycles. The zero-order chi connectivity index (χ0) is 79.4. The van der Waals surface area contributed by atoms with E-state index in [1.165, 1.54) is 31.7 Å². The Labute approximate surface area is 620 Å². The van der Waals surface area contributed by atoms with E-state index in [9.17, 15) is 62.6 Å². The fraction of sp³-hybridized carbons (Fsp3) is 0.707. The third-order valence-corrected chi connectivity index (χ3v) is 19.3. The molecule has 0 radical (unpaired) electrons. The topological polar surface area (TPSA) is 442 Å². The lowest BCUT2D eigenvalue weighted by Gasteiger charge is -2.33. The van der Waals surface area contributed by atoms with Gasteiger partial charge in [0.25, 0.3) is 5.91 Å². The van der Waals surface area contributed by atoms with Crippen molar-refractivity contribution < 1.29 is 77.0 Å². The van der Waals surface area contributed by atoms with Crippen molar-refractivity contribution in [2.24, 2.45) is 53.1 Å². The SMILES string of the molecule is C/C=C1\NC(=O)[C@H](Cc2ccccc2)NC(=O)[C@H](C(C)C)NC(=O)[C@@H]([C@@H](C)CC)NC(=O)[C@@H](NC(=O)[C@H](NC(=O)[C@H](CCCN)NC(=O)[C@H]2CCCN2C(=O)[C@@H](NC(=O)C(NC(=O)[C@@H](NC(=O)[C@@H](NC(=O)CCCC(C)C)C(C)C)[C@@H](C)O)C(C)C)C(C)C)[C@@H](C)CC)[C@@H](C)OC(=O)[C@H](C(C)C)NC1=O. The summed E-state index contributed by atoms with van der Waals surface area (Å²) in [5.74, 6) is -15.1. The molecular formula is C75H124N14O16. The predicted octanol–water partition coefficient (Wildman–Crippen LogP) is 1.84. The van der Waals surface area contributed by atoms with Gasteiger partial charge in [0.15, 0.2) is 0 Å². The van der Waals surface area contributed by atoms with Crippen molar-refractivity contribution >= 4 is 82.8 Å². The summed E-state index contributed by atoms with van der Waals surface area (Å²) in [6.45, 7) is 31.8. The van der Waals surface area contributed by atoms with Crippen LogP contribution in [0.2, 0.25) is 0 Å². The highest BCUT2D eigenvalue weighted by atomic mass is 16.5. The van der Waals surface area contributed by atoms with Crippen LogP contribution in [0, 0.1) is 47.3 Å². The fourth-order valence-corrected chi connectivity index (χ4v) is 12.1. The largest absolute Gasteiger partial charge is 0.458 e. The molecule has 30 nitrogen and oxygen atoms in total. The Bertz CT molecular complexity index is 3160. The molecule has 2 aliphatic heterocycles. The Hall–Kier alpha value is -8.54. The van der Waals surface area contributed by atoms with Crippen molar-refractivity contribution in [3.63, 3.8) is 0 Å². The molecule has 2 heterocycles. The number of rotatable bonds is 33. The fourth-order valence-electron chi connectivity index (χ4n) is 12.1. The average Bonchev–Trinajstić information content (AvgIpc) is 1.79. The summed E-state index contributed by atoms with van der Waals surface area (Å²) in [7, 11) is 0. The number of amides is 13. The van der Waals surface area contributed by atoms with Crippen LogP contribution in [0.3, 0.4) is 0 Å². The van der Waals surface area contributed by atoms with Gasteiger partial charge in [-0.25, -0.2) is 4.79 Å². The lowest BCUT2D eigenvalue weighted by molar-refractivity contribution is -0.157. The number of benzene rings is 1. The van der Waals surface area contributed by atoms with Crippen LogP contribution in [0.15, 0.2) is 42.1 Å². The number of esters is 1. The van der Waals surface area contributed by atoms with Gasteiger partial charge in [-0.1, -0.05) is 166 Å². The number of carbonyl (C=O) groups excluding carboxylic acids is 14. The smallest absolute Gasteiger partial charge is 0.329 e. The van der Waals surface area contributed by atoms with Gasteiger partial charge in [-0.3, -0.25) is 62.3 Å². The molecule has 2 aliphatic rings. The molecule has 15 N–H and O–H groups in total. The summed E-state index contributed by atoms with van der Waals surface area (Å²) in [6.07, 6.45) is 1.02. The number of carbonyl (C=O) groups is 14. The van der Waals surface area contributed by atoms with E-state index in [-0.39, 0.29) is 63.2 Å². The number of hydrogen-bond donors (Lipinski definition) is 14. The van der Waals surface area contributed by atoms with Crippen molar-refractivity contribution in [3.05, 3.63) is 47.7 Å². The van der Waals surface area contributed by atoms with Crippen molar-refractivity contribution in [2.45, 2.75) is 280 Å². The molecule has 105 heavy (non-hydrogen) atoms. The highest BCUT2D eigenvalue weighted by molar-refractivity contribution is 6.03.